The van der Waals surface area contributed by atoms with Crippen molar-refractivity contribution in [3.05, 3.63) is 118 Å². The summed E-state index contributed by atoms with van der Waals surface area (Å²) in [5.74, 6) is 0. The van der Waals surface area contributed by atoms with E-state index in [1.165, 1.54) is 7.11 Å². The molecule has 0 aromatic heterocycles. The molecule has 6 unspecified atom stereocenters. The highest BCUT2D eigenvalue weighted by Gasteiger charge is 2.50. The van der Waals surface area contributed by atoms with Crippen LogP contribution in [0.25, 0.3) is 10.4 Å². The number of aliphatic hydroxyl groups is 3. The van der Waals surface area contributed by atoms with Gasteiger partial charge < -0.3 is 48.5 Å². The Morgan fingerprint density at radius 2 is 1.15 bits per heavy atom. The molecule has 2 aliphatic rings. The lowest BCUT2D eigenvalue weighted by Crippen LogP contribution is -2.62. The van der Waals surface area contributed by atoms with Crippen LogP contribution in [0, 0.1) is 0 Å². The molecule has 0 saturated carbocycles. The summed E-state index contributed by atoms with van der Waals surface area (Å²) in [7, 11) is 1.51. The minimum Gasteiger partial charge on any atom is -0.394 e. The molecule has 2 aliphatic heterocycles. The summed E-state index contributed by atoms with van der Waals surface area (Å²) < 4.78 is 43.5. The van der Waals surface area contributed by atoms with Crippen molar-refractivity contribution < 1.29 is 48.5 Å². The van der Waals surface area contributed by atoms with Crippen LogP contribution >= 0.6 is 0 Å². The summed E-state index contributed by atoms with van der Waals surface area (Å²) in [6, 6.07) is 27.8. The molecule has 2 saturated heterocycles. The van der Waals surface area contributed by atoms with Gasteiger partial charge in [0.25, 0.3) is 0 Å². The molecule has 13 nitrogen and oxygen atoms in total. The lowest BCUT2D eigenvalue weighted by molar-refractivity contribution is -0.334. The van der Waals surface area contributed by atoms with Crippen LogP contribution in [0.4, 0.5) is 0 Å². The fourth-order valence-electron chi connectivity index (χ4n) is 5.65. The van der Waals surface area contributed by atoms with Gasteiger partial charge >= 0.3 is 0 Å². The number of methoxy groups -OCH3 is 1. The van der Waals surface area contributed by atoms with Crippen molar-refractivity contribution >= 4 is 0 Å². The van der Waals surface area contributed by atoms with Crippen LogP contribution in [0.1, 0.15) is 16.7 Å². The largest absolute Gasteiger partial charge is 0.394 e. The summed E-state index contributed by atoms with van der Waals surface area (Å²) in [6.07, 6.45) is -9.43. The summed E-state index contributed by atoms with van der Waals surface area (Å²) in [5.41, 5.74) is 12.0. The molecule has 47 heavy (non-hydrogen) atoms. The van der Waals surface area contributed by atoms with Crippen molar-refractivity contribution in [2.75, 3.05) is 20.3 Å². The number of azide groups is 1. The van der Waals surface area contributed by atoms with Crippen LogP contribution in [-0.4, -0.2) is 97.0 Å². The van der Waals surface area contributed by atoms with Crippen molar-refractivity contribution in [3.63, 3.8) is 0 Å². The average Bonchev–Trinajstić information content (AvgIpc) is 3.12. The molecule has 0 spiro atoms. The molecule has 0 radical (unpaired) electrons. The summed E-state index contributed by atoms with van der Waals surface area (Å²) in [6.45, 7) is -0.0410. The minimum absolute atomic E-state index is 0.182. The zero-order chi connectivity index (χ0) is 33.0. The van der Waals surface area contributed by atoms with Crippen LogP contribution in [-0.2, 0) is 53.0 Å². The molecule has 2 fully saturated rings. The van der Waals surface area contributed by atoms with Gasteiger partial charge in [-0.05, 0) is 22.2 Å². The molecular formula is C34H41N3O10. The zero-order valence-corrected chi connectivity index (χ0v) is 26.0. The lowest BCUT2D eigenvalue weighted by atomic mass is 9.97. The summed E-state index contributed by atoms with van der Waals surface area (Å²) in [5, 5.41) is 34.3. The van der Waals surface area contributed by atoms with Gasteiger partial charge in [-0.15, -0.1) is 0 Å². The Labute approximate surface area is 273 Å². The summed E-state index contributed by atoms with van der Waals surface area (Å²) >= 11 is 0. The summed E-state index contributed by atoms with van der Waals surface area (Å²) in [4.78, 5) is 2.78. The van der Waals surface area contributed by atoms with E-state index in [2.05, 4.69) is 10.0 Å². The second kappa shape index (κ2) is 17.6. The first kappa shape index (κ1) is 34.9. The zero-order valence-electron chi connectivity index (χ0n) is 26.0. The third-order valence-corrected chi connectivity index (χ3v) is 8.14. The Morgan fingerprint density at radius 1 is 0.660 bits per heavy atom. The predicted octanol–water partition coefficient (Wildman–Crippen LogP) is 3.25. The lowest BCUT2D eigenvalue weighted by Gasteiger charge is -2.46. The average molecular weight is 652 g/mol. The molecule has 0 bridgehead atoms. The first-order chi connectivity index (χ1) is 23.0. The van der Waals surface area contributed by atoms with E-state index in [-0.39, 0.29) is 26.4 Å². The maximum absolute atomic E-state index is 10.6. The molecule has 10 atom stereocenters. The predicted molar refractivity (Wildman–Crippen MR) is 167 cm³/mol. The van der Waals surface area contributed by atoms with Gasteiger partial charge in [0.05, 0.1) is 39.1 Å². The monoisotopic (exact) mass is 651 g/mol. The maximum atomic E-state index is 10.6. The first-order valence-electron chi connectivity index (χ1n) is 15.5. The van der Waals surface area contributed by atoms with E-state index >= 15 is 0 Å². The van der Waals surface area contributed by atoms with Crippen molar-refractivity contribution in [2.45, 2.75) is 81.2 Å². The van der Waals surface area contributed by atoms with Crippen LogP contribution in [0.3, 0.4) is 0 Å². The number of nitrogens with zero attached hydrogens (tertiary/aromatic N) is 3. The van der Waals surface area contributed by atoms with E-state index in [0.717, 1.165) is 16.7 Å². The molecule has 2 heterocycles. The second-order valence-corrected chi connectivity index (χ2v) is 11.3. The van der Waals surface area contributed by atoms with E-state index in [9.17, 15) is 15.3 Å². The SMILES string of the molecule is CO[C@H]1OC(CO[C@@H]2OC(CO)[C@@H](O)C(O)C2N=[N+]=[N-])[C@@H](OCc2ccccc2)C(OCc2ccccc2)C1OCc1ccccc1. The van der Waals surface area contributed by atoms with Gasteiger partial charge in [0.1, 0.15) is 42.7 Å². The van der Waals surface area contributed by atoms with Gasteiger partial charge in [0.15, 0.2) is 12.6 Å². The van der Waals surface area contributed by atoms with Gasteiger partial charge in [-0.25, -0.2) is 0 Å². The maximum Gasteiger partial charge on any atom is 0.186 e. The topological polar surface area (TPSA) is 174 Å². The second-order valence-electron chi connectivity index (χ2n) is 11.3. The number of hydrogen-bond donors (Lipinski definition) is 3. The van der Waals surface area contributed by atoms with Crippen molar-refractivity contribution in [3.8, 4) is 0 Å². The third-order valence-electron chi connectivity index (χ3n) is 8.14. The van der Waals surface area contributed by atoms with E-state index in [4.69, 9.17) is 38.7 Å². The van der Waals surface area contributed by atoms with Crippen LogP contribution in [0.2, 0.25) is 0 Å². The number of benzene rings is 3. The van der Waals surface area contributed by atoms with Crippen molar-refractivity contribution in [1.82, 2.24) is 0 Å². The fourth-order valence-corrected chi connectivity index (χ4v) is 5.65. The van der Waals surface area contributed by atoms with Crippen molar-refractivity contribution in [2.24, 2.45) is 5.11 Å². The fraction of sp³-hybridized carbons (Fsp3) is 0.471. The molecule has 0 aliphatic carbocycles. The van der Waals surface area contributed by atoms with Crippen molar-refractivity contribution in [1.29, 1.82) is 0 Å². The van der Waals surface area contributed by atoms with Crippen LogP contribution in [0.5, 0.6) is 0 Å². The first-order valence-corrected chi connectivity index (χ1v) is 15.5. The van der Waals surface area contributed by atoms with E-state index in [1.807, 2.05) is 91.0 Å². The number of rotatable bonds is 15. The van der Waals surface area contributed by atoms with Gasteiger partial charge in [0, 0.05) is 12.0 Å². The van der Waals surface area contributed by atoms with E-state index < -0.39 is 68.0 Å². The van der Waals surface area contributed by atoms with Crippen LogP contribution < -0.4 is 0 Å². The van der Waals surface area contributed by atoms with Crippen LogP contribution in [0.15, 0.2) is 96.1 Å². The smallest absolute Gasteiger partial charge is 0.186 e. The molecule has 13 heteroatoms. The highest BCUT2D eigenvalue weighted by atomic mass is 16.7. The van der Waals surface area contributed by atoms with E-state index in [1.54, 1.807) is 0 Å². The Hall–Kier alpha value is -3.43. The van der Waals surface area contributed by atoms with Gasteiger partial charge in [0.2, 0.25) is 0 Å². The number of aliphatic hydroxyl groups excluding tert-OH is 3. The highest BCUT2D eigenvalue weighted by Crippen LogP contribution is 2.32. The molecule has 252 valence electrons. The molecule has 3 aromatic rings. The highest BCUT2D eigenvalue weighted by molar-refractivity contribution is 5.16. The molecular weight excluding hydrogens is 610 g/mol. The van der Waals surface area contributed by atoms with E-state index in [0.29, 0.717) is 0 Å². The van der Waals surface area contributed by atoms with Gasteiger partial charge in [-0.3, -0.25) is 0 Å². The molecule has 3 N–H and O–H groups in total. The number of hydrogen-bond acceptors (Lipinski definition) is 11. The van der Waals surface area contributed by atoms with Gasteiger partial charge in [-0.2, -0.15) is 0 Å². The molecule has 0 amide bonds. The normalized spacial score (nSPS) is 30.8. The van der Waals surface area contributed by atoms with Gasteiger partial charge in [-0.1, -0.05) is 96.1 Å². The standard InChI is InChI=1S/C34H41N3O10/c1-41-34-32(44-20-24-15-9-4-10-16-24)31(43-19-23-13-7-3-8-14-23)30(42-18-22-11-5-2-6-12-22)26(47-34)21-45-33-27(36-37-35)29(40)28(39)25(17-38)46-33/h2-16,25-34,38-40H,17-21H2,1H3/t25?,26?,27?,28-,29?,30-,31?,32?,33-,34+/m1/s1. The Morgan fingerprint density at radius 3 is 1.64 bits per heavy atom. The third kappa shape index (κ3) is 9.14. The minimum atomic E-state index is -1.54. The Bertz CT molecular complexity index is 1380. The Balaban J connectivity index is 1.42. The molecule has 3 aromatic carbocycles. The molecule has 5 rings (SSSR count). The Kier molecular flexibility index (Phi) is 13.1. The quantitative estimate of drug-likeness (QED) is 0.126. The number of ether oxygens (including phenoxy) is 7.